The Kier molecular flexibility index (Phi) is 6.07. The number of rotatable bonds is 5. The average Bonchev–Trinajstić information content (AvgIpc) is 2.38. The number of nitrogens with one attached hydrogen (secondary N) is 1. The molecule has 1 saturated heterocycles. The maximum Gasteiger partial charge on any atom is 0.245 e. The van der Waals surface area contributed by atoms with Crippen molar-refractivity contribution in [1.29, 1.82) is 0 Å². The first-order chi connectivity index (χ1) is 8.60. The molecular weight excluding hydrogens is 234 g/mol. The van der Waals surface area contributed by atoms with Gasteiger partial charge in [-0.05, 0) is 19.4 Å². The molecule has 18 heavy (non-hydrogen) atoms. The van der Waals surface area contributed by atoms with Crippen LogP contribution in [0.25, 0.3) is 0 Å². The van der Waals surface area contributed by atoms with Gasteiger partial charge in [0, 0.05) is 19.5 Å². The van der Waals surface area contributed by atoms with E-state index in [0.717, 1.165) is 0 Å². The van der Waals surface area contributed by atoms with Crippen molar-refractivity contribution < 1.29 is 14.3 Å². The second kappa shape index (κ2) is 7.33. The van der Waals surface area contributed by atoms with Crippen molar-refractivity contribution in [1.82, 2.24) is 10.2 Å². The zero-order valence-electron chi connectivity index (χ0n) is 11.1. The van der Waals surface area contributed by atoms with Crippen LogP contribution >= 0.6 is 0 Å². The summed E-state index contributed by atoms with van der Waals surface area (Å²) in [5, 5.41) is 2.73. The second-order valence-electron chi connectivity index (χ2n) is 4.62. The largest absolute Gasteiger partial charge is 0.377 e. The summed E-state index contributed by atoms with van der Waals surface area (Å²) in [6.45, 7) is 6.04. The molecule has 2 atom stereocenters. The smallest absolute Gasteiger partial charge is 0.245 e. The maximum atomic E-state index is 12.1. The van der Waals surface area contributed by atoms with Gasteiger partial charge >= 0.3 is 0 Å². The van der Waals surface area contributed by atoms with Gasteiger partial charge in [0.25, 0.3) is 0 Å². The lowest BCUT2D eigenvalue weighted by atomic mass is 10.1. The van der Waals surface area contributed by atoms with Crippen molar-refractivity contribution in [2.75, 3.05) is 32.8 Å². The molecule has 2 amide bonds. The monoisotopic (exact) mass is 257 g/mol. The highest BCUT2D eigenvalue weighted by atomic mass is 16.5. The zero-order valence-corrected chi connectivity index (χ0v) is 11.1. The van der Waals surface area contributed by atoms with Gasteiger partial charge < -0.3 is 20.7 Å². The Morgan fingerprint density at radius 1 is 1.56 bits per heavy atom. The molecule has 2 unspecified atom stereocenters. The van der Waals surface area contributed by atoms with Crippen molar-refractivity contribution in [3.05, 3.63) is 0 Å². The summed E-state index contributed by atoms with van der Waals surface area (Å²) in [4.78, 5) is 25.6. The molecule has 1 heterocycles. The van der Waals surface area contributed by atoms with Crippen LogP contribution in [0.5, 0.6) is 0 Å². The molecule has 0 saturated carbocycles. The van der Waals surface area contributed by atoms with Crippen molar-refractivity contribution in [3.63, 3.8) is 0 Å². The van der Waals surface area contributed by atoms with Gasteiger partial charge in [0.2, 0.25) is 11.8 Å². The molecule has 0 spiro atoms. The Hall–Kier alpha value is -1.14. The number of amides is 2. The molecule has 1 fully saturated rings. The first-order valence-electron chi connectivity index (χ1n) is 6.45. The highest BCUT2D eigenvalue weighted by Gasteiger charge is 2.32. The zero-order chi connectivity index (χ0) is 13.5. The highest BCUT2D eigenvalue weighted by molar-refractivity contribution is 5.88. The number of likely N-dealkylation sites (N-methyl/N-ethyl adjacent to an activating group) is 1. The third kappa shape index (κ3) is 3.96. The predicted octanol–water partition coefficient (Wildman–Crippen LogP) is -0.665. The van der Waals surface area contributed by atoms with Gasteiger partial charge in [-0.2, -0.15) is 0 Å². The van der Waals surface area contributed by atoms with E-state index in [0.29, 0.717) is 32.7 Å². The van der Waals surface area contributed by atoms with E-state index in [-0.39, 0.29) is 24.3 Å². The molecule has 0 aromatic rings. The molecule has 3 N–H and O–H groups in total. The highest BCUT2D eigenvalue weighted by Crippen LogP contribution is 2.12. The molecule has 6 heteroatoms. The first kappa shape index (κ1) is 14.9. The molecule has 0 aromatic heterocycles. The second-order valence-corrected chi connectivity index (χ2v) is 4.62. The van der Waals surface area contributed by atoms with Gasteiger partial charge in [-0.1, -0.05) is 6.92 Å². The van der Waals surface area contributed by atoms with Gasteiger partial charge in [0.15, 0.2) is 0 Å². The minimum atomic E-state index is -0.504. The minimum Gasteiger partial charge on any atom is -0.377 e. The van der Waals surface area contributed by atoms with Crippen LogP contribution in [0.15, 0.2) is 0 Å². The lowest BCUT2D eigenvalue weighted by Crippen LogP contribution is -2.56. The van der Waals surface area contributed by atoms with E-state index in [1.54, 1.807) is 4.90 Å². The van der Waals surface area contributed by atoms with Crippen LogP contribution in [0, 0.1) is 5.92 Å². The van der Waals surface area contributed by atoms with Gasteiger partial charge in [0.1, 0.15) is 6.04 Å². The number of carbonyl (C=O) groups excluding carboxylic acids is 2. The van der Waals surface area contributed by atoms with Gasteiger partial charge in [-0.25, -0.2) is 0 Å². The van der Waals surface area contributed by atoms with Crippen molar-refractivity contribution in [2.45, 2.75) is 26.3 Å². The van der Waals surface area contributed by atoms with Gasteiger partial charge in [-0.3, -0.25) is 9.59 Å². The number of nitrogens with two attached hydrogens (primary N) is 1. The maximum absolute atomic E-state index is 12.1. The molecule has 0 aliphatic carbocycles. The molecule has 104 valence electrons. The Balaban J connectivity index is 2.63. The van der Waals surface area contributed by atoms with E-state index < -0.39 is 6.04 Å². The van der Waals surface area contributed by atoms with Crippen molar-refractivity contribution in [3.8, 4) is 0 Å². The van der Waals surface area contributed by atoms with Gasteiger partial charge in [-0.15, -0.1) is 0 Å². The molecule has 0 bridgehead atoms. The number of nitrogens with zero attached hydrogens (tertiary/aromatic N) is 1. The Bertz CT molecular complexity index is 296. The number of ether oxygens (including phenoxy) is 1. The van der Waals surface area contributed by atoms with Crippen LogP contribution < -0.4 is 11.1 Å². The number of morpholine rings is 1. The average molecular weight is 257 g/mol. The molecule has 1 rings (SSSR count). The number of hydrogen-bond acceptors (Lipinski definition) is 4. The fraction of sp³-hybridized carbons (Fsp3) is 0.833. The summed E-state index contributed by atoms with van der Waals surface area (Å²) < 4.78 is 5.28. The number of hydrogen-bond donors (Lipinski definition) is 2. The molecule has 6 nitrogen and oxygen atoms in total. The van der Waals surface area contributed by atoms with Gasteiger partial charge in [0.05, 0.1) is 13.2 Å². The fourth-order valence-corrected chi connectivity index (χ4v) is 1.91. The fourth-order valence-electron chi connectivity index (χ4n) is 1.91. The van der Waals surface area contributed by atoms with E-state index in [1.807, 2.05) is 13.8 Å². The lowest BCUT2D eigenvalue weighted by molar-refractivity contribution is -0.149. The lowest BCUT2D eigenvalue weighted by Gasteiger charge is -2.35. The quantitative estimate of drug-likeness (QED) is 0.684. The summed E-state index contributed by atoms with van der Waals surface area (Å²) >= 11 is 0. The Labute approximate surface area is 108 Å². The van der Waals surface area contributed by atoms with Crippen LogP contribution in [0.4, 0.5) is 0 Å². The van der Waals surface area contributed by atoms with E-state index in [9.17, 15) is 9.59 Å². The Morgan fingerprint density at radius 2 is 2.28 bits per heavy atom. The summed E-state index contributed by atoms with van der Waals surface area (Å²) in [5.41, 5.74) is 5.52. The SMILES string of the molecule is CCNC(=O)C1COCCN1C(=O)CC(C)CN. The van der Waals surface area contributed by atoms with E-state index in [4.69, 9.17) is 10.5 Å². The topological polar surface area (TPSA) is 84.7 Å². The summed E-state index contributed by atoms with van der Waals surface area (Å²) in [6, 6.07) is -0.504. The third-order valence-corrected chi connectivity index (χ3v) is 3.03. The van der Waals surface area contributed by atoms with Crippen molar-refractivity contribution in [2.24, 2.45) is 11.7 Å². The molecule has 1 aliphatic heterocycles. The summed E-state index contributed by atoms with van der Waals surface area (Å²) in [5.74, 6) is -0.0336. The molecule has 1 aliphatic rings. The van der Waals surface area contributed by atoms with E-state index >= 15 is 0 Å². The van der Waals surface area contributed by atoms with E-state index in [2.05, 4.69) is 5.32 Å². The van der Waals surface area contributed by atoms with E-state index in [1.165, 1.54) is 0 Å². The number of carbonyl (C=O) groups is 2. The molecule has 0 radical (unpaired) electrons. The van der Waals surface area contributed by atoms with Crippen molar-refractivity contribution >= 4 is 11.8 Å². The van der Waals surface area contributed by atoms with Crippen LogP contribution in [0.2, 0.25) is 0 Å². The van der Waals surface area contributed by atoms with Crippen LogP contribution in [0.3, 0.4) is 0 Å². The summed E-state index contributed by atoms with van der Waals surface area (Å²) in [6.07, 6.45) is 0.381. The Morgan fingerprint density at radius 3 is 2.89 bits per heavy atom. The van der Waals surface area contributed by atoms with Crippen LogP contribution in [0.1, 0.15) is 20.3 Å². The van der Waals surface area contributed by atoms with Crippen LogP contribution in [-0.4, -0.2) is 55.6 Å². The standard InChI is InChI=1S/C12H23N3O3/c1-3-14-12(17)10-8-18-5-4-15(10)11(16)6-9(2)7-13/h9-10H,3-8,13H2,1-2H3,(H,14,17). The first-order valence-corrected chi connectivity index (χ1v) is 6.45. The minimum absolute atomic E-state index is 0.0208. The van der Waals surface area contributed by atoms with Crippen LogP contribution in [-0.2, 0) is 14.3 Å². The molecular formula is C12H23N3O3. The summed E-state index contributed by atoms with van der Waals surface area (Å²) in [7, 11) is 0. The normalized spacial score (nSPS) is 21.5. The third-order valence-electron chi connectivity index (χ3n) is 3.03. The predicted molar refractivity (Wildman–Crippen MR) is 67.8 cm³/mol. The molecule has 0 aromatic carbocycles.